The standard InChI is InChI=1S/K.H45P44/c;1-24(2)35(23)41(36(25(3)4)26(5)6)44(42(37(27(7)8)28(9)10)38(29(11)12)30(13)14)43(39(31(15)16)32(17)18)40(33(19)20)34(21)22/h;23H,1-22H2/q+1;-1. The van der Waals surface area contributed by atoms with E-state index in [-0.39, 0.29) is 198 Å². The minimum absolute atomic E-state index is 0. The predicted octanol–water partition coefficient (Wildman–Crippen LogP) is 22.9. The van der Waals surface area contributed by atoms with E-state index in [1.807, 2.05) is 0 Å². The SMILES string of the molecule is [K+].[PH-]P(P(P)P)P(P(P(P)P)P(P)P)P(P(P(P(P)P)P(P)P)P(P(P)P)P(P)P)P(P(P(P)P)P(P)P)P(P(P)P)P(P)P. The second-order valence-corrected chi connectivity index (χ2v) is 186. The first-order chi connectivity index (χ1) is 19.9. The van der Waals surface area contributed by atoms with Gasteiger partial charge in [0.2, 0.25) is 0 Å². The van der Waals surface area contributed by atoms with E-state index >= 15 is 0 Å². The van der Waals surface area contributed by atoms with Gasteiger partial charge in [-0.05, 0) is 133 Å². The number of rotatable bonds is 20. The Bertz CT molecular complexity index is 614. The molecule has 0 heterocycles. The summed E-state index contributed by atoms with van der Waals surface area (Å²) >= 11 is 0. The Morgan fingerprint density at radius 3 is 0.467 bits per heavy atom. The van der Waals surface area contributed by atoms with Gasteiger partial charge in [0.1, 0.15) is 0 Å². The molecule has 0 aliphatic carbocycles. The first kappa shape index (κ1) is 67.6. The van der Waals surface area contributed by atoms with Gasteiger partial charge in [-0.1, -0.05) is 6.99 Å². The van der Waals surface area contributed by atoms with Gasteiger partial charge in [-0.15, -0.1) is 196 Å². The molecule has 0 aliphatic rings. The fourth-order valence-corrected chi connectivity index (χ4v) is 603. The van der Waals surface area contributed by atoms with Crippen LogP contribution in [0.5, 0.6) is 0 Å². The first-order valence-corrected chi connectivity index (χ1v) is 89.1. The van der Waals surface area contributed by atoms with Gasteiger partial charge in [0.15, 0.2) is 0 Å². The quantitative estimate of drug-likeness (QED) is 0.0842. The average molecular weight is 1450 g/mol. The minimum atomic E-state index is -0.244. The molecule has 24 atom stereocenters. The zero-order chi connectivity index (χ0) is 35.1. The first-order valence-electron chi connectivity index (χ1n) is 9.90. The number of hydrogen-bond donors (Lipinski definition) is 0. The Kier molecular flexibility index (Phi) is 56.1. The van der Waals surface area contributed by atoms with Crippen molar-refractivity contribution in [3.05, 3.63) is 0 Å². The van der Waals surface area contributed by atoms with E-state index in [9.17, 15) is 0 Å². The summed E-state index contributed by atoms with van der Waals surface area (Å²) in [4.78, 5) is 0. The van der Waals surface area contributed by atoms with Gasteiger partial charge in [0.25, 0.3) is 0 Å². The van der Waals surface area contributed by atoms with Gasteiger partial charge in [-0.3, -0.25) is 0 Å². The molecule has 0 fully saturated rings. The molecule has 0 bridgehead atoms. The number of hydrogen-bond acceptors (Lipinski definition) is 0. The van der Waals surface area contributed by atoms with E-state index in [0.29, 0.717) is 0 Å². The fraction of sp³-hybridized carbons (Fsp3) is 0. The molecule has 0 aromatic heterocycles. The third-order valence-corrected chi connectivity index (χ3v) is 302. The van der Waals surface area contributed by atoms with E-state index in [1.165, 1.54) is 0 Å². The van der Waals surface area contributed by atoms with Crippen LogP contribution >= 0.6 is 352 Å². The summed E-state index contributed by atoms with van der Waals surface area (Å²) in [6, 6.07) is 0. The van der Waals surface area contributed by atoms with Crippen LogP contribution in [0.1, 0.15) is 0 Å². The van der Waals surface area contributed by atoms with Crippen LogP contribution in [-0.4, -0.2) is 0 Å². The molecule has 266 valence electrons. The van der Waals surface area contributed by atoms with Gasteiger partial charge in [-0.25, -0.2) is 6.99 Å². The van der Waals surface area contributed by atoms with Crippen molar-refractivity contribution in [2.24, 2.45) is 0 Å². The Morgan fingerprint density at radius 1 is 0.200 bits per heavy atom. The van der Waals surface area contributed by atoms with E-state index in [4.69, 9.17) is 8.93 Å². The van der Waals surface area contributed by atoms with Crippen LogP contribution in [0.4, 0.5) is 0 Å². The van der Waals surface area contributed by atoms with Gasteiger partial charge >= 0.3 is 51.4 Å². The predicted molar refractivity (Wildman–Crippen MR) is 367 cm³/mol. The molecule has 0 saturated heterocycles. The Balaban J connectivity index is 0. The largest absolute Gasteiger partial charge is 1.00 e. The van der Waals surface area contributed by atoms with Crippen molar-refractivity contribution >= 4 is 352 Å². The molecule has 0 amide bonds. The molecular formula is H45KP44. The third-order valence-electron chi connectivity index (χ3n) is 3.73. The van der Waals surface area contributed by atoms with E-state index in [2.05, 4.69) is 196 Å². The molecular weight excluding hydrogens is 1400 g/mol. The van der Waals surface area contributed by atoms with Crippen molar-refractivity contribution in [3.8, 4) is 0 Å². The molecule has 45 heteroatoms. The summed E-state index contributed by atoms with van der Waals surface area (Å²) in [7, 11) is 79.7. The third kappa shape index (κ3) is 25.0. The molecule has 0 nitrogen and oxygen atoms in total. The fourth-order valence-electron chi connectivity index (χ4n) is 2.48. The summed E-state index contributed by atoms with van der Waals surface area (Å²) in [5.41, 5.74) is 0. The van der Waals surface area contributed by atoms with Crippen LogP contribution < -0.4 is 51.4 Å². The van der Waals surface area contributed by atoms with Crippen molar-refractivity contribution in [1.29, 1.82) is 0 Å². The summed E-state index contributed by atoms with van der Waals surface area (Å²) in [5.74, 6) is 0. The topological polar surface area (TPSA) is 0 Å². The molecule has 0 saturated carbocycles. The van der Waals surface area contributed by atoms with E-state index in [0.717, 1.165) is 0 Å². The van der Waals surface area contributed by atoms with Gasteiger partial charge < -0.3 is 8.93 Å². The van der Waals surface area contributed by atoms with Crippen LogP contribution in [0.15, 0.2) is 0 Å². The zero-order valence-electron chi connectivity index (χ0n) is 23.6. The normalized spacial score (nSPS) is 15.3. The molecule has 24 unspecified atom stereocenters. The maximum Gasteiger partial charge on any atom is 1.00 e. The molecule has 0 rings (SSSR count). The second-order valence-electron chi connectivity index (χ2n) is 6.88. The van der Waals surface area contributed by atoms with Crippen molar-refractivity contribution < 1.29 is 51.4 Å². The second kappa shape index (κ2) is 37.4. The summed E-state index contributed by atoms with van der Waals surface area (Å²) < 4.78 is 0. The molecule has 0 aromatic rings. The average Bonchev–Trinajstić information content (AvgIpc) is 2.80. The van der Waals surface area contributed by atoms with Crippen molar-refractivity contribution in [2.45, 2.75) is 0 Å². The smallest absolute Gasteiger partial charge is 0.515 e. The molecule has 45 heavy (non-hydrogen) atoms. The van der Waals surface area contributed by atoms with Crippen LogP contribution in [0.2, 0.25) is 0 Å². The van der Waals surface area contributed by atoms with Crippen molar-refractivity contribution in [2.75, 3.05) is 0 Å². The van der Waals surface area contributed by atoms with Gasteiger partial charge in [0.05, 0.1) is 0 Å². The van der Waals surface area contributed by atoms with Crippen molar-refractivity contribution in [1.82, 2.24) is 0 Å². The molecule has 0 spiro atoms. The van der Waals surface area contributed by atoms with Crippen LogP contribution in [-0.2, 0) is 0 Å². The maximum atomic E-state index is 4.75. The van der Waals surface area contributed by atoms with Crippen molar-refractivity contribution in [3.63, 3.8) is 0 Å². The minimum Gasteiger partial charge on any atom is -0.515 e. The maximum absolute atomic E-state index is 4.75. The molecule has 0 aliphatic heterocycles. The van der Waals surface area contributed by atoms with E-state index < -0.39 is 0 Å². The summed E-state index contributed by atoms with van der Waals surface area (Å²) in [6.07, 6.45) is 0. The van der Waals surface area contributed by atoms with Crippen LogP contribution in [0.25, 0.3) is 0 Å². The van der Waals surface area contributed by atoms with Crippen LogP contribution in [0.3, 0.4) is 0 Å². The van der Waals surface area contributed by atoms with Gasteiger partial charge in [0, 0.05) is 0 Å². The summed E-state index contributed by atoms with van der Waals surface area (Å²) in [6.45, 7) is -3.08. The molecule has 0 N–H and O–H groups in total. The Hall–Kier alpha value is 20.6. The van der Waals surface area contributed by atoms with E-state index in [1.54, 1.807) is 0 Å². The summed E-state index contributed by atoms with van der Waals surface area (Å²) in [5, 5.41) is 0. The van der Waals surface area contributed by atoms with Crippen LogP contribution in [0, 0.1) is 0 Å². The molecule has 0 radical (unpaired) electrons. The Labute approximate surface area is 396 Å². The molecule has 0 aromatic carbocycles. The zero-order valence-corrected chi connectivity index (χ0v) is 71.9. The monoisotopic (exact) mass is 1450 g/mol. The van der Waals surface area contributed by atoms with Gasteiger partial charge in [-0.2, -0.15) is 0 Å². The Morgan fingerprint density at radius 2 is 0.333 bits per heavy atom.